The van der Waals surface area contributed by atoms with E-state index in [2.05, 4.69) is 21.6 Å². The summed E-state index contributed by atoms with van der Waals surface area (Å²) in [6.07, 6.45) is 4.48. The first-order valence-electron chi connectivity index (χ1n) is 10.2. The van der Waals surface area contributed by atoms with Crippen LogP contribution in [0.25, 0.3) is 0 Å². The molecule has 0 unspecified atom stereocenters. The molecule has 31 heavy (non-hydrogen) atoms. The summed E-state index contributed by atoms with van der Waals surface area (Å²) in [5.74, 6) is 0.330. The van der Waals surface area contributed by atoms with Gasteiger partial charge in [-0.1, -0.05) is 6.92 Å². The summed E-state index contributed by atoms with van der Waals surface area (Å²) >= 11 is 0.881. The number of carbonyl (C=O) groups is 1. The van der Waals surface area contributed by atoms with Crippen molar-refractivity contribution < 1.29 is 19.2 Å². The minimum Gasteiger partial charge on any atom is -0.390 e. The Morgan fingerprint density at radius 2 is 2.06 bits per heavy atom. The molecule has 2 heterocycles. The van der Waals surface area contributed by atoms with E-state index in [1.165, 1.54) is 13.8 Å². The van der Waals surface area contributed by atoms with Crippen LogP contribution in [0.15, 0.2) is 8.57 Å². The lowest BCUT2D eigenvalue weighted by atomic mass is 10.0. The molecule has 2 amide bonds. The van der Waals surface area contributed by atoms with Crippen molar-refractivity contribution in [2.75, 3.05) is 5.32 Å². The lowest BCUT2D eigenvalue weighted by molar-refractivity contribution is 0.0779. The van der Waals surface area contributed by atoms with E-state index in [9.17, 15) is 19.2 Å². The number of aryl methyl sites for hydroxylation is 1. The molecule has 2 aromatic heterocycles. The zero-order chi connectivity index (χ0) is 22.6. The van der Waals surface area contributed by atoms with Gasteiger partial charge in [0.05, 0.1) is 18.0 Å². The van der Waals surface area contributed by atoms with Crippen LogP contribution < -0.4 is 10.5 Å². The SMILES string of the molecule is C[C@@H]1CCc2c1nc1c(c2NC(=O)N=[S@](N)(=O)c2sc(C(C)(C)O)nc2CO)CCC1. The number of fused-ring (bicyclic) bond motifs is 2. The summed E-state index contributed by atoms with van der Waals surface area (Å²) in [6.45, 7) is 4.63. The third-order valence-corrected chi connectivity index (χ3v) is 9.08. The number of nitrogens with one attached hydrogen (secondary N) is 1. The summed E-state index contributed by atoms with van der Waals surface area (Å²) < 4.78 is 16.9. The number of nitrogens with two attached hydrogens (primary N) is 1. The molecule has 0 saturated carbocycles. The Bertz CT molecular complexity index is 1180. The zero-order valence-electron chi connectivity index (χ0n) is 17.8. The summed E-state index contributed by atoms with van der Waals surface area (Å²) in [5, 5.41) is 28.8. The average Bonchev–Trinajstić information content (AvgIpc) is 3.39. The van der Waals surface area contributed by atoms with E-state index in [4.69, 9.17) is 10.1 Å². The Hall–Kier alpha value is -1.92. The Kier molecular flexibility index (Phi) is 5.67. The number of hydrogen-bond acceptors (Lipinski definition) is 7. The highest BCUT2D eigenvalue weighted by atomic mass is 32.2. The maximum absolute atomic E-state index is 13.1. The highest BCUT2D eigenvalue weighted by Gasteiger charge is 2.31. The summed E-state index contributed by atoms with van der Waals surface area (Å²) in [4.78, 5) is 21.8. The minimum absolute atomic E-state index is 0.0129. The lowest BCUT2D eigenvalue weighted by Crippen LogP contribution is -2.19. The van der Waals surface area contributed by atoms with Crippen molar-refractivity contribution in [1.82, 2.24) is 9.97 Å². The molecule has 4 rings (SSSR count). The number of pyridine rings is 1. The number of aliphatic hydroxyl groups excluding tert-OH is 1. The molecule has 0 spiro atoms. The van der Waals surface area contributed by atoms with Crippen molar-refractivity contribution >= 4 is 33.0 Å². The second-order valence-corrected chi connectivity index (χ2v) is 11.6. The molecule has 0 bridgehead atoms. The molecule has 168 valence electrons. The molecule has 0 aliphatic heterocycles. The highest BCUT2D eigenvalue weighted by Crippen LogP contribution is 2.41. The normalized spacial score (nSPS) is 19.6. The lowest BCUT2D eigenvalue weighted by Gasteiger charge is -2.15. The quantitative estimate of drug-likeness (QED) is 0.545. The van der Waals surface area contributed by atoms with Crippen molar-refractivity contribution in [2.24, 2.45) is 9.50 Å². The number of aliphatic hydroxyl groups is 2. The number of urea groups is 1. The van der Waals surface area contributed by atoms with E-state index in [-0.39, 0.29) is 14.9 Å². The standard InChI is InChI=1S/C20H27N5O4S2/c1-10-7-8-12-15(10)22-13-6-4-5-11(13)16(12)24-19(27)25-31(21,29)17-14(9-26)23-18(30-17)20(2,3)28/h10,26,28H,4-9H2,1-3H3,(H3,21,22,24,25,27,29)/t10-,31+/m1/s1. The van der Waals surface area contributed by atoms with Gasteiger partial charge in [0.25, 0.3) is 0 Å². The first-order chi connectivity index (χ1) is 14.5. The van der Waals surface area contributed by atoms with Gasteiger partial charge in [-0.15, -0.1) is 15.7 Å². The second-order valence-electron chi connectivity index (χ2n) is 8.63. The van der Waals surface area contributed by atoms with Gasteiger partial charge in [-0.25, -0.2) is 19.1 Å². The smallest absolute Gasteiger partial charge is 0.354 e. The topological polar surface area (TPSA) is 151 Å². The fraction of sp³-hybridized carbons (Fsp3) is 0.550. The third kappa shape index (κ3) is 4.12. The van der Waals surface area contributed by atoms with E-state index in [0.29, 0.717) is 5.92 Å². The van der Waals surface area contributed by atoms with Crippen molar-refractivity contribution in [1.29, 1.82) is 0 Å². The average molecular weight is 466 g/mol. The Balaban J connectivity index is 1.71. The number of nitrogens with zero attached hydrogens (tertiary/aromatic N) is 3. The molecule has 5 N–H and O–H groups in total. The van der Waals surface area contributed by atoms with Crippen LogP contribution >= 0.6 is 11.3 Å². The molecule has 11 heteroatoms. The molecule has 0 radical (unpaired) electrons. The molecule has 2 atom stereocenters. The number of amides is 2. The Morgan fingerprint density at radius 3 is 2.74 bits per heavy atom. The first-order valence-corrected chi connectivity index (χ1v) is 12.6. The van der Waals surface area contributed by atoms with Gasteiger partial charge < -0.3 is 15.5 Å². The van der Waals surface area contributed by atoms with Crippen LogP contribution in [0.2, 0.25) is 0 Å². The van der Waals surface area contributed by atoms with E-state index < -0.39 is 28.2 Å². The number of rotatable bonds is 4. The third-order valence-electron chi connectivity index (χ3n) is 5.70. The number of thiazole rings is 1. The van der Waals surface area contributed by atoms with Gasteiger partial charge >= 0.3 is 6.03 Å². The maximum atomic E-state index is 13.1. The largest absolute Gasteiger partial charge is 0.390 e. The molecule has 2 aliphatic rings. The van der Waals surface area contributed by atoms with Gasteiger partial charge in [-0.3, -0.25) is 4.98 Å². The van der Waals surface area contributed by atoms with Crippen molar-refractivity contribution in [3.63, 3.8) is 0 Å². The fourth-order valence-corrected chi connectivity index (χ4v) is 6.63. The van der Waals surface area contributed by atoms with Gasteiger partial charge in [-0.2, -0.15) is 0 Å². The van der Waals surface area contributed by atoms with Crippen LogP contribution in [0.4, 0.5) is 10.5 Å². The number of carbonyl (C=O) groups excluding carboxylic acids is 1. The van der Waals surface area contributed by atoms with E-state index in [1.807, 2.05) is 0 Å². The van der Waals surface area contributed by atoms with Crippen LogP contribution in [0.3, 0.4) is 0 Å². The van der Waals surface area contributed by atoms with Crippen LogP contribution in [-0.4, -0.2) is 30.4 Å². The molecule has 0 aromatic carbocycles. The molecule has 2 aromatic rings. The predicted octanol–water partition coefficient (Wildman–Crippen LogP) is 2.73. The van der Waals surface area contributed by atoms with Crippen LogP contribution in [0.1, 0.15) is 72.7 Å². The van der Waals surface area contributed by atoms with Crippen molar-refractivity contribution in [3.05, 3.63) is 33.2 Å². The highest BCUT2D eigenvalue weighted by molar-refractivity contribution is 7.93. The minimum atomic E-state index is -3.67. The van der Waals surface area contributed by atoms with E-state index in [0.717, 1.165) is 71.6 Å². The van der Waals surface area contributed by atoms with Gasteiger partial charge in [0.2, 0.25) is 0 Å². The van der Waals surface area contributed by atoms with Crippen LogP contribution in [0.5, 0.6) is 0 Å². The molecule has 2 aliphatic carbocycles. The predicted molar refractivity (Wildman–Crippen MR) is 118 cm³/mol. The number of hydrogen-bond donors (Lipinski definition) is 4. The van der Waals surface area contributed by atoms with E-state index >= 15 is 0 Å². The second kappa shape index (κ2) is 7.89. The summed E-state index contributed by atoms with van der Waals surface area (Å²) in [5.41, 5.74) is 3.55. The molecule has 9 nitrogen and oxygen atoms in total. The monoisotopic (exact) mass is 465 g/mol. The number of aromatic nitrogens is 2. The van der Waals surface area contributed by atoms with E-state index in [1.54, 1.807) is 0 Å². The summed E-state index contributed by atoms with van der Waals surface area (Å²) in [6, 6.07) is -0.809. The van der Waals surface area contributed by atoms with Crippen molar-refractivity contribution in [2.45, 2.75) is 75.2 Å². The van der Waals surface area contributed by atoms with Crippen molar-refractivity contribution in [3.8, 4) is 0 Å². The fourth-order valence-electron chi connectivity index (χ4n) is 4.17. The molecular weight excluding hydrogens is 438 g/mol. The molecule has 0 fully saturated rings. The van der Waals surface area contributed by atoms with Gasteiger partial charge in [0.1, 0.15) is 14.8 Å². The van der Waals surface area contributed by atoms with Gasteiger partial charge in [0.15, 0.2) is 9.92 Å². The zero-order valence-corrected chi connectivity index (χ0v) is 19.4. The Labute approximate surface area is 185 Å². The summed E-state index contributed by atoms with van der Waals surface area (Å²) in [7, 11) is -3.67. The number of anilines is 1. The van der Waals surface area contributed by atoms with Crippen LogP contribution in [-0.2, 0) is 41.4 Å². The molecular formula is C20H27N5O4S2. The first kappa shape index (κ1) is 22.3. The van der Waals surface area contributed by atoms with Gasteiger partial charge in [-0.05, 0) is 63.0 Å². The Morgan fingerprint density at radius 1 is 1.32 bits per heavy atom. The maximum Gasteiger partial charge on any atom is 0.354 e. The molecule has 0 saturated heterocycles. The van der Waals surface area contributed by atoms with Gasteiger partial charge in [0, 0.05) is 11.4 Å². The van der Waals surface area contributed by atoms with Crippen LogP contribution in [0, 0.1) is 0 Å².